The highest BCUT2D eigenvalue weighted by molar-refractivity contribution is 7.88. The van der Waals surface area contributed by atoms with Crippen molar-refractivity contribution in [3.8, 4) is 0 Å². The van der Waals surface area contributed by atoms with E-state index in [1.807, 2.05) is 0 Å². The van der Waals surface area contributed by atoms with Gasteiger partial charge in [0.2, 0.25) is 5.95 Å². The van der Waals surface area contributed by atoms with Crippen molar-refractivity contribution < 1.29 is 17.6 Å². The van der Waals surface area contributed by atoms with Gasteiger partial charge in [-0.15, -0.1) is 4.40 Å². The third-order valence-corrected chi connectivity index (χ3v) is 6.01. The lowest BCUT2D eigenvalue weighted by Crippen LogP contribution is -2.39. The number of carbonyl (C=O) groups is 1. The Morgan fingerprint density at radius 2 is 2.04 bits per heavy atom. The van der Waals surface area contributed by atoms with Gasteiger partial charge in [-0.05, 0) is 38.0 Å². The second kappa shape index (κ2) is 7.53. The quantitative estimate of drug-likeness (QED) is 0.813. The standard InChI is InChI=1S/C17H21FN4O3S/c1-2-22-14(17(23)20-16-10-6-9-15(18)19-16)11-13(21-26(22,24)25)12-7-4-3-5-8-12/h6,9-12H,2-5,7-8H2,1H3,(H,19,20,23). The van der Waals surface area contributed by atoms with Gasteiger partial charge in [0, 0.05) is 12.5 Å². The second-order valence-electron chi connectivity index (χ2n) is 6.32. The first-order chi connectivity index (χ1) is 12.4. The van der Waals surface area contributed by atoms with Crippen molar-refractivity contribution in [2.24, 2.45) is 10.3 Å². The maximum Gasteiger partial charge on any atom is 0.345 e. The number of amides is 1. The Morgan fingerprint density at radius 1 is 1.31 bits per heavy atom. The summed E-state index contributed by atoms with van der Waals surface area (Å²) in [5.41, 5.74) is 0.404. The van der Waals surface area contributed by atoms with Crippen LogP contribution in [-0.2, 0) is 15.0 Å². The molecule has 140 valence electrons. The van der Waals surface area contributed by atoms with Crippen LogP contribution >= 0.6 is 0 Å². The molecule has 9 heteroatoms. The number of likely N-dealkylation sites (N-methyl/N-ethyl adjacent to an activating group) is 1. The number of halogens is 1. The first kappa shape index (κ1) is 18.5. The van der Waals surface area contributed by atoms with Crippen LogP contribution in [-0.4, -0.2) is 35.9 Å². The molecule has 0 atom stereocenters. The summed E-state index contributed by atoms with van der Waals surface area (Å²) in [6.07, 6.45) is 6.41. The van der Waals surface area contributed by atoms with E-state index in [9.17, 15) is 17.6 Å². The van der Waals surface area contributed by atoms with E-state index in [4.69, 9.17) is 0 Å². The molecule has 1 amide bonds. The zero-order chi connectivity index (χ0) is 18.7. The summed E-state index contributed by atoms with van der Waals surface area (Å²) < 4.78 is 43.2. The van der Waals surface area contributed by atoms with Gasteiger partial charge in [-0.1, -0.05) is 25.3 Å². The number of hydrogen-bond acceptors (Lipinski definition) is 4. The van der Waals surface area contributed by atoms with E-state index in [0.29, 0.717) is 5.71 Å². The molecule has 3 rings (SSSR count). The van der Waals surface area contributed by atoms with Gasteiger partial charge in [0.25, 0.3) is 5.91 Å². The van der Waals surface area contributed by atoms with E-state index in [0.717, 1.165) is 42.5 Å². The normalized spacial score (nSPS) is 20.3. The van der Waals surface area contributed by atoms with Crippen molar-refractivity contribution in [1.82, 2.24) is 9.29 Å². The fourth-order valence-corrected chi connectivity index (χ4v) is 4.58. The van der Waals surface area contributed by atoms with Crippen molar-refractivity contribution >= 4 is 27.6 Å². The molecule has 0 bridgehead atoms. The highest BCUT2D eigenvalue weighted by Gasteiger charge is 2.34. The first-order valence-electron chi connectivity index (χ1n) is 8.69. The van der Waals surface area contributed by atoms with Crippen molar-refractivity contribution in [3.63, 3.8) is 0 Å². The Morgan fingerprint density at radius 3 is 2.69 bits per heavy atom. The Bertz CT molecular complexity index is 861. The van der Waals surface area contributed by atoms with E-state index in [1.165, 1.54) is 18.2 Å². The van der Waals surface area contributed by atoms with Gasteiger partial charge in [0.05, 0.1) is 5.71 Å². The van der Waals surface area contributed by atoms with Crippen molar-refractivity contribution in [2.75, 3.05) is 11.9 Å². The summed E-state index contributed by atoms with van der Waals surface area (Å²) in [7, 11) is -3.97. The molecule has 1 aromatic rings. The lowest BCUT2D eigenvalue weighted by atomic mass is 9.85. The third-order valence-electron chi connectivity index (χ3n) is 4.55. The molecule has 1 aliphatic carbocycles. The molecule has 0 aromatic carbocycles. The number of pyridine rings is 1. The largest absolute Gasteiger partial charge is 0.345 e. The molecule has 1 aliphatic heterocycles. The lowest BCUT2D eigenvalue weighted by Gasteiger charge is -2.29. The predicted octanol–water partition coefficient (Wildman–Crippen LogP) is 2.64. The minimum absolute atomic E-state index is 0.0193. The molecule has 0 saturated heterocycles. The molecule has 1 saturated carbocycles. The van der Waals surface area contributed by atoms with Crippen LogP contribution in [0.1, 0.15) is 39.0 Å². The minimum atomic E-state index is -3.97. The maximum absolute atomic E-state index is 13.2. The van der Waals surface area contributed by atoms with Crippen LogP contribution in [0.4, 0.5) is 10.2 Å². The van der Waals surface area contributed by atoms with Crippen LogP contribution in [0.2, 0.25) is 0 Å². The number of allylic oxidation sites excluding steroid dienone is 1. The summed E-state index contributed by atoms with van der Waals surface area (Å²) in [6, 6.07) is 4.01. The van der Waals surface area contributed by atoms with Gasteiger partial charge >= 0.3 is 10.2 Å². The molecular formula is C17H21FN4O3S. The predicted molar refractivity (Wildman–Crippen MR) is 96.2 cm³/mol. The average Bonchev–Trinajstić information content (AvgIpc) is 2.61. The number of aromatic nitrogens is 1. The van der Waals surface area contributed by atoms with E-state index < -0.39 is 22.1 Å². The molecule has 2 heterocycles. The van der Waals surface area contributed by atoms with Crippen LogP contribution in [0.15, 0.2) is 34.4 Å². The molecule has 0 radical (unpaired) electrons. The van der Waals surface area contributed by atoms with Gasteiger partial charge in [-0.3, -0.25) is 4.79 Å². The summed E-state index contributed by atoms with van der Waals surface area (Å²) >= 11 is 0. The van der Waals surface area contributed by atoms with E-state index in [-0.39, 0.29) is 24.0 Å². The maximum atomic E-state index is 13.2. The molecule has 26 heavy (non-hydrogen) atoms. The average molecular weight is 380 g/mol. The van der Waals surface area contributed by atoms with Crippen LogP contribution < -0.4 is 5.32 Å². The lowest BCUT2D eigenvalue weighted by molar-refractivity contribution is -0.113. The number of nitrogens with zero attached hydrogens (tertiary/aromatic N) is 3. The number of nitrogens with one attached hydrogen (secondary N) is 1. The van der Waals surface area contributed by atoms with Gasteiger partial charge in [-0.25, -0.2) is 9.29 Å². The Balaban J connectivity index is 1.91. The van der Waals surface area contributed by atoms with E-state index in [2.05, 4.69) is 14.7 Å². The molecular weight excluding hydrogens is 359 g/mol. The Kier molecular flexibility index (Phi) is 5.36. The number of anilines is 1. The van der Waals surface area contributed by atoms with Crippen molar-refractivity contribution in [1.29, 1.82) is 0 Å². The molecule has 1 N–H and O–H groups in total. The van der Waals surface area contributed by atoms with Crippen LogP contribution in [0.25, 0.3) is 0 Å². The fourth-order valence-electron chi connectivity index (χ4n) is 3.31. The van der Waals surface area contributed by atoms with Gasteiger partial charge < -0.3 is 5.32 Å². The minimum Gasteiger partial charge on any atom is -0.305 e. The van der Waals surface area contributed by atoms with E-state index >= 15 is 0 Å². The van der Waals surface area contributed by atoms with Gasteiger partial charge in [0.1, 0.15) is 11.5 Å². The topological polar surface area (TPSA) is 91.7 Å². The number of hydrogen-bond donors (Lipinski definition) is 1. The first-order valence-corrected chi connectivity index (χ1v) is 10.1. The molecule has 1 fully saturated rings. The second-order valence-corrected chi connectivity index (χ2v) is 7.84. The molecule has 0 spiro atoms. The number of carbonyl (C=O) groups excluding carboxylic acids is 1. The van der Waals surface area contributed by atoms with Crippen molar-refractivity contribution in [2.45, 2.75) is 39.0 Å². The smallest absolute Gasteiger partial charge is 0.305 e. The summed E-state index contributed by atoms with van der Waals surface area (Å²) in [5.74, 6) is -1.33. The fraction of sp³-hybridized carbons (Fsp3) is 0.471. The summed E-state index contributed by atoms with van der Waals surface area (Å²) in [6.45, 7) is 1.69. The zero-order valence-corrected chi connectivity index (χ0v) is 15.3. The Labute approximate surface area is 152 Å². The molecule has 2 aliphatic rings. The van der Waals surface area contributed by atoms with Crippen LogP contribution in [0, 0.1) is 11.9 Å². The van der Waals surface area contributed by atoms with Gasteiger partial charge in [-0.2, -0.15) is 12.8 Å². The SMILES string of the molecule is CCN1C(C(=O)Nc2cccc(F)n2)=CC(C2CCCCC2)=NS1(=O)=O. The highest BCUT2D eigenvalue weighted by Crippen LogP contribution is 2.30. The van der Waals surface area contributed by atoms with Crippen LogP contribution in [0.3, 0.4) is 0 Å². The Hall–Kier alpha value is -2.29. The monoisotopic (exact) mass is 380 g/mol. The molecule has 1 aromatic heterocycles. The van der Waals surface area contributed by atoms with Gasteiger partial charge in [0.15, 0.2) is 0 Å². The highest BCUT2D eigenvalue weighted by atomic mass is 32.2. The summed E-state index contributed by atoms with van der Waals surface area (Å²) in [4.78, 5) is 16.2. The number of rotatable bonds is 4. The zero-order valence-electron chi connectivity index (χ0n) is 14.5. The van der Waals surface area contributed by atoms with E-state index in [1.54, 1.807) is 6.92 Å². The molecule has 0 unspecified atom stereocenters. The third kappa shape index (κ3) is 3.92. The van der Waals surface area contributed by atoms with Crippen LogP contribution in [0.5, 0.6) is 0 Å². The molecule has 7 nitrogen and oxygen atoms in total. The van der Waals surface area contributed by atoms with Crippen molar-refractivity contribution in [3.05, 3.63) is 35.9 Å². The summed E-state index contributed by atoms with van der Waals surface area (Å²) in [5, 5.41) is 2.46.